The van der Waals surface area contributed by atoms with Crippen LogP contribution < -0.4 is 10.6 Å². The highest BCUT2D eigenvalue weighted by Crippen LogP contribution is 2.34. The molecule has 3 rings (SSSR count). The molecule has 1 atom stereocenters. The van der Waals surface area contributed by atoms with Gasteiger partial charge in [-0.25, -0.2) is 4.98 Å². The second-order valence-electron chi connectivity index (χ2n) is 5.06. The van der Waals surface area contributed by atoms with E-state index < -0.39 is 0 Å². The molecule has 0 spiro atoms. The standard InChI is InChI=1S/C13H17ClN6/c1-19-8-9(7-16-19)10-4-2-3-5-20(10)12-6-11(14)17-13(15)18-12/h6-8,10H,2-5H2,1H3,(H2,15,17,18). The zero-order valence-electron chi connectivity index (χ0n) is 11.3. The maximum Gasteiger partial charge on any atom is 0.223 e. The van der Waals surface area contributed by atoms with E-state index in [4.69, 9.17) is 17.3 Å². The number of aryl methyl sites for hydroxylation is 1. The number of anilines is 2. The first-order valence-corrected chi connectivity index (χ1v) is 7.06. The SMILES string of the molecule is Cn1cc(C2CCCCN2c2cc(Cl)nc(N)n2)cn1. The molecule has 0 aliphatic carbocycles. The molecule has 0 amide bonds. The largest absolute Gasteiger partial charge is 0.368 e. The molecule has 1 fully saturated rings. The Kier molecular flexibility index (Phi) is 3.48. The molecule has 2 aromatic rings. The lowest BCUT2D eigenvalue weighted by molar-refractivity contribution is 0.469. The molecule has 7 heteroatoms. The van der Waals surface area contributed by atoms with Crippen LogP contribution in [0.1, 0.15) is 30.9 Å². The van der Waals surface area contributed by atoms with Gasteiger partial charge >= 0.3 is 0 Å². The van der Waals surface area contributed by atoms with Gasteiger partial charge in [0.15, 0.2) is 0 Å². The van der Waals surface area contributed by atoms with E-state index in [0.717, 1.165) is 25.2 Å². The number of aromatic nitrogens is 4. The summed E-state index contributed by atoms with van der Waals surface area (Å²) in [7, 11) is 1.93. The zero-order valence-corrected chi connectivity index (χ0v) is 12.1. The maximum atomic E-state index is 5.99. The number of hydrogen-bond acceptors (Lipinski definition) is 5. The summed E-state index contributed by atoms with van der Waals surface area (Å²) in [6.45, 7) is 0.937. The molecule has 0 bridgehead atoms. The molecular weight excluding hydrogens is 276 g/mol. The smallest absolute Gasteiger partial charge is 0.223 e. The van der Waals surface area contributed by atoms with Gasteiger partial charge in [0, 0.05) is 31.4 Å². The van der Waals surface area contributed by atoms with Crippen LogP contribution in [-0.4, -0.2) is 26.3 Å². The molecule has 1 unspecified atom stereocenters. The fourth-order valence-electron chi connectivity index (χ4n) is 2.73. The van der Waals surface area contributed by atoms with E-state index in [1.807, 2.05) is 17.9 Å². The van der Waals surface area contributed by atoms with Gasteiger partial charge in [0.25, 0.3) is 0 Å². The van der Waals surface area contributed by atoms with Crippen LogP contribution in [-0.2, 0) is 7.05 Å². The lowest BCUT2D eigenvalue weighted by Gasteiger charge is -2.36. The zero-order chi connectivity index (χ0) is 14.1. The Morgan fingerprint density at radius 2 is 2.20 bits per heavy atom. The average Bonchev–Trinajstić information content (AvgIpc) is 2.84. The van der Waals surface area contributed by atoms with Crippen LogP contribution in [0.5, 0.6) is 0 Å². The highest BCUT2D eigenvalue weighted by Gasteiger charge is 2.26. The van der Waals surface area contributed by atoms with Crippen LogP contribution in [0.25, 0.3) is 0 Å². The van der Waals surface area contributed by atoms with Gasteiger partial charge in [-0.2, -0.15) is 10.1 Å². The van der Waals surface area contributed by atoms with E-state index >= 15 is 0 Å². The summed E-state index contributed by atoms with van der Waals surface area (Å²) in [5, 5.41) is 4.64. The maximum absolute atomic E-state index is 5.99. The van der Waals surface area contributed by atoms with E-state index in [0.29, 0.717) is 5.15 Å². The van der Waals surface area contributed by atoms with Crippen molar-refractivity contribution in [3.05, 3.63) is 29.2 Å². The quantitative estimate of drug-likeness (QED) is 0.859. The number of rotatable bonds is 2. The normalized spacial score (nSPS) is 19.3. The molecule has 2 N–H and O–H groups in total. The fourth-order valence-corrected chi connectivity index (χ4v) is 2.92. The van der Waals surface area contributed by atoms with Gasteiger partial charge < -0.3 is 10.6 Å². The van der Waals surface area contributed by atoms with Crippen molar-refractivity contribution < 1.29 is 0 Å². The summed E-state index contributed by atoms with van der Waals surface area (Å²) < 4.78 is 1.82. The van der Waals surface area contributed by atoms with Gasteiger partial charge in [0.2, 0.25) is 5.95 Å². The van der Waals surface area contributed by atoms with Crippen molar-refractivity contribution in [2.24, 2.45) is 7.05 Å². The molecular formula is C13H17ClN6. The molecule has 3 heterocycles. The van der Waals surface area contributed by atoms with Gasteiger partial charge in [-0.15, -0.1) is 0 Å². The van der Waals surface area contributed by atoms with Crippen molar-refractivity contribution in [2.45, 2.75) is 25.3 Å². The highest BCUT2D eigenvalue weighted by molar-refractivity contribution is 6.29. The minimum Gasteiger partial charge on any atom is -0.368 e. The van der Waals surface area contributed by atoms with Crippen molar-refractivity contribution >= 4 is 23.4 Å². The molecule has 1 aliphatic heterocycles. The number of nitrogens with two attached hydrogens (primary N) is 1. The van der Waals surface area contributed by atoms with Gasteiger partial charge in [-0.05, 0) is 19.3 Å². The lowest BCUT2D eigenvalue weighted by atomic mass is 9.97. The van der Waals surface area contributed by atoms with Crippen molar-refractivity contribution in [2.75, 3.05) is 17.2 Å². The first-order chi connectivity index (χ1) is 9.63. The minimum absolute atomic E-state index is 0.211. The van der Waals surface area contributed by atoms with Crippen LogP contribution >= 0.6 is 11.6 Å². The van der Waals surface area contributed by atoms with E-state index in [1.54, 1.807) is 6.07 Å². The third-order valence-corrected chi connectivity index (χ3v) is 3.80. The van der Waals surface area contributed by atoms with Gasteiger partial charge in [0.1, 0.15) is 11.0 Å². The molecule has 1 aliphatic rings. The van der Waals surface area contributed by atoms with Gasteiger partial charge in [0.05, 0.1) is 12.2 Å². The van der Waals surface area contributed by atoms with E-state index in [-0.39, 0.29) is 12.0 Å². The van der Waals surface area contributed by atoms with Crippen molar-refractivity contribution in [1.82, 2.24) is 19.7 Å². The number of hydrogen-bond donors (Lipinski definition) is 1. The number of nitrogen functional groups attached to an aromatic ring is 1. The van der Waals surface area contributed by atoms with Crippen LogP contribution in [0, 0.1) is 0 Å². The van der Waals surface area contributed by atoms with Crippen LogP contribution in [0.15, 0.2) is 18.5 Å². The Morgan fingerprint density at radius 3 is 2.90 bits per heavy atom. The third kappa shape index (κ3) is 2.56. The lowest BCUT2D eigenvalue weighted by Crippen LogP contribution is -2.34. The van der Waals surface area contributed by atoms with Crippen molar-refractivity contribution in [3.63, 3.8) is 0 Å². The summed E-state index contributed by atoms with van der Waals surface area (Å²) >= 11 is 5.99. The Morgan fingerprint density at radius 1 is 1.35 bits per heavy atom. The molecule has 6 nitrogen and oxygen atoms in total. The molecule has 0 aromatic carbocycles. The highest BCUT2D eigenvalue weighted by atomic mass is 35.5. The summed E-state index contributed by atoms with van der Waals surface area (Å²) in [6, 6.07) is 2.04. The Bertz CT molecular complexity index is 590. The summed E-state index contributed by atoms with van der Waals surface area (Å²) in [5.74, 6) is 0.999. The molecule has 0 saturated carbocycles. The van der Waals surface area contributed by atoms with E-state index in [9.17, 15) is 0 Å². The first-order valence-electron chi connectivity index (χ1n) is 6.69. The summed E-state index contributed by atoms with van der Waals surface area (Å²) in [6.07, 6.45) is 7.38. The number of piperidine rings is 1. The molecule has 0 radical (unpaired) electrons. The first kappa shape index (κ1) is 13.2. The number of nitrogens with zero attached hydrogens (tertiary/aromatic N) is 5. The van der Waals surface area contributed by atoms with Crippen LogP contribution in [0.3, 0.4) is 0 Å². The fraction of sp³-hybridized carbons (Fsp3) is 0.462. The second-order valence-corrected chi connectivity index (χ2v) is 5.45. The van der Waals surface area contributed by atoms with Gasteiger partial charge in [-0.1, -0.05) is 11.6 Å². The second kappa shape index (κ2) is 5.28. The predicted octanol–water partition coefficient (Wildman–Crippen LogP) is 2.18. The Labute approximate surface area is 122 Å². The topological polar surface area (TPSA) is 72.9 Å². The summed E-state index contributed by atoms with van der Waals surface area (Å²) in [5.41, 5.74) is 6.90. The third-order valence-electron chi connectivity index (χ3n) is 3.61. The van der Waals surface area contributed by atoms with Crippen molar-refractivity contribution in [3.8, 4) is 0 Å². The van der Waals surface area contributed by atoms with E-state index in [2.05, 4.69) is 26.2 Å². The Balaban J connectivity index is 1.96. The van der Waals surface area contributed by atoms with Crippen LogP contribution in [0.4, 0.5) is 11.8 Å². The molecule has 2 aromatic heterocycles. The van der Waals surface area contributed by atoms with Crippen LogP contribution in [0.2, 0.25) is 5.15 Å². The monoisotopic (exact) mass is 292 g/mol. The van der Waals surface area contributed by atoms with Crippen molar-refractivity contribution in [1.29, 1.82) is 0 Å². The average molecular weight is 293 g/mol. The van der Waals surface area contributed by atoms with E-state index in [1.165, 1.54) is 12.0 Å². The minimum atomic E-state index is 0.211. The predicted molar refractivity (Wildman–Crippen MR) is 78.6 cm³/mol. The molecule has 20 heavy (non-hydrogen) atoms. The Hall–Kier alpha value is -1.82. The summed E-state index contributed by atoms with van der Waals surface area (Å²) in [4.78, 5) is 10.5. The molecule has 106 valence electrons. The van der Waals surface area contributed by atoms with Gasteiger partial charge in [-0.3, -0.25) is 4.68 Å². The molecule has 1 saturated heterocycles. The number of halogens is 1.